The molecule has 0 heterocycles. The van der Waals surface area contributed by atoms with Crippen molar-refractivity contribution in [2.24, 2.45) is 0 Å². The molecule has 4 nitrogen and oxygen atoms in total. The molecule has 0 fully saturated rings. The second-order valence-electron chi connectivity index (χ2n) is 2.97. The number of nitrogens with zero attached hydrogens (tertiary/aromatic N) is 1. The number of hydrogen-bond donors (Lipinski definition) is 1. The van der Waals surface area contributed by atoms with Crippen LogP contribution >= 0.6 is 11.8 Å². The zero-order valence-corrected chi connectivity index (χ0v) is 8.53. The van der Waals surface area contributed by atoms with Crippen LogP contribution < -0.4 is 0 Å². The molecule has 0 aliphatic carbocycles. The average Bonchev–Trinajstić information content (AvgIpc) is 2.16. The summed E-state index contributed by atoms with van der Waals surface area (Å²) in [5.74, 6) is 0.425. The summed E-state index contributed by atoms with van der Waals surface area (Å²) in [6, 6.07) is 9.32. The fourth-order valence-electron chi connectivity index (χ4n) is 0.847. The van der Waals surface area contributed by atoms with E-state index in [2.05, 4.69) is 0 Å². The first kappa shape index (κ1) is 11.0. The van der Waals surface area contributed by atoms with E-state index in [4.69, 9.17) is 0 Å². The minimum atomic E-state index is -1.91. The van der Waals surface area contributed by atoms with Crippen LogP contribution in [0.5, 0.6) is 0 Å². The van der Waals surface area contributed by atoms with Crippen LogP contribution in [0.1, 0.15) is 12.5 Å². The zero-order chi connectivity index (χ0) is 10.6. The molecular weight excluding hydrogens is 202 g/mol. The fraction of sp³-hybridized carbons (Fsp3) is 0.333. The van der Waals surface area contributed by atoms with Crippen LogP contribution in [0.2, 0.25) is 0 Å². The second kappa shape index (κ2) is 4.43. The molecule has 14 heavy (non-hydrogen) atoms. The molecule has 1 atom stereocenters. The van der Waals surface area contributed by atoms with Crippen molar-refractivity contribution in [3.8, 4) is 0 Å². The third kappa shape index (κ3) is 3.01. The van der Waals surface area contributed by atoms with E-state index in [1.54, 1.807) is 0 Å². The van der Waals surface area contributed by atoms with Crippen molar-refractivity contribution in [2.45, 2.75) is 17.7 Å². The van der Waals surface area contributed by atoms with Crippen LogP contribution in [0.4, 0.5) is 0 Å². The second-order valence-corrected chi connectivity index (χ2v) is 4.32. The summed E-state index contributed by atoms with van der Waals surface area (Å²) >= 11 is 0.896. The molecule has 1 unspecified atom stereocenters. The van der Waals surface area contributed by atoms with Gasteiger partial charge in [-0.15, -0.1) is 0 Å². The van der Waals surface area contributed by atoms with Crippen LogP contribution in [0.25, 0.3) is 0 Å². The van der Waals surface area contributed by atoms with Gasteiger partial charge in [0.2, 0.25) is 0 Å². The summed E-state index contributed by atoms with van der Waals surface area (Å²) in [5.41, 5.74) is 0.958. The molecule has 0 radical (unpaired) electrons. The normalized spacial score (nSPS) is 14.7. The smallest absolute Gasteiger partial charge is 0.322 e. The SMILES string of the molecule is CC(O)(SCc1ccccc1)[N+](=O)[O-]. The Balaban J connectivity index is 2.53. The minimum absolute atomic E-state index is 0.425. The van der Waals surface area contributed by atoms with Gasteiger partial charge < -0.3 is 5.11 Å². The van der Waals surface area contributed by atoms with Crippen molar-refractivity contribution < 1.29 is 10.0 Å². The predicted molar refractivity (Wildman–Crippen MR) is 55.4 cm³/mol. The summed E-state index contributed by atoms with van der Waals surface area (Å²) in [6.07, 6.45) is 0. The Morgan fingerprint density at radius 1 is 1.50 bits per heavy atom. The average molecular weight is 213 g/mol. The Morgan fingerprint density at radius 3 is 2.57 bits per heavy atom. The molecule has 1 aromatic rings. The Kier molecular flexibility index (Phi) is 3.49. The third-order valence-corrected chi connectivity index (χ3v) is 2.87. The highest BCUT2D eigenvalue weighted by atomic mass is 32.2. The highest BCUT2D eigenvalue weighted by molar-refractivity contribution is 7.99. The molecule has 76 valence electrons. The van der Waals surface area contributed by atoms with Crippen molar-refractivity contribution in [1.29, 1.82) is 0 Å². The van der Waals surface area contributed by atoms with Crippen LogP contribution in [0.3, 0.4) is 0 Å². The van der Waals surface area contributed by atoms with E-state index in [0.29, 0.717) is 5.75 Å². The van der Waals surface area contributed by atoms with E-state index < -0.39 is 9.98 Å². The van der Waals surface area contributed by atoms with E-state index in [1.165, 1.54) is 6.92 Å². The summed E-state index contributed by atoms with van der Waals surface area (Å²) in [6.45, 7) is 1.18. The molecule has 0 spiro atoms. The van der Waals surface area contributed by atoms with Gasteiger partial charge in [0.05, 0.1) is 4.92 Å². The molecule has 0 amide bonds. The lowest BCUT2D eigenvalue weighted by Crippen LogP contribution is -2.30. The highest BCUT2D eigenvalue weighted by Gasteiger charge is 2.34. The Labute approximate surface area is 86.1 Å². The maximum Gasteiger partial charge on any atom is 0.369 e. The molecule has 0 bridgehead atoms. The molecule has 5 heteroatoms. The molecule has 0 saturated heterocycles. The van der Waals surface area contributed by atoms with Crippen molar-refractivity contribution in [1.82, 2.24) is 0 Å². The quantitative estimate of drug-likeness (QED) is 0.471. The number of thioether (sulfide) groups is 1. The zero-order valence-electron chi connectivity index (χ0n) is 7.71. The fourth-order valence-corrected chi connectivity index (χ4v) is 1.58. The van der Waals surface area contributed by atoms with Gasteiger partial charge in [-0.1, -0.05) is 30.3 Å². The molecule has 0 aliphatic heterocycles. The van der Waals surface area contributed by atoms with Crippen molar-refractivity contribution in [2.75, 3.05) is 0 Å². The van der Waals surface area contributed by atoms with E-state index in [1.807, 2.05) is 30.3 Å². The van der Waals surface area contributed by atoms with Crippen molar-refractivity contribution in [3.63, 3.8) is 0 Å². The van der Waals surface area contributed by atoms with Crippen LogP contribution in [0, 0.1) is 10.1 Å². The maximum atomic E-state index is 10.4. The summed E-state index contributed by atoms with van der Waals surface area (Å²) in [4.78, 5) is 9.68. The maximum absolute atomic E-state index is 10.4. The first-order valence-electron chi connectivity index (χ1n) is 4.07. The van der Waals surface area contributed by atoms with Crippen molar-refractivity contribution >= 4 is 11.8 Å². The number of rotatable bonds is 4. The van der Waals surface area contributed by atoms with Crippen molar-refractivity contribution in [3.05, 3.63) is 46.0 Å². The summed E-state index contributed by atoms with van der Waals surface area (Å²) in [5, 5.41) is 17.8. The molecule has 1 rings (SSSR count). The van der Waals surface area contributed by atoms with E-state index in [0.717, 1.165) is 17.3 Å². The highest BCUT2D eigenvalue weighted by Crippen LogP contribution is 2.25. The first-order chi connectivity index (χ1) is 6.52. The molecule has 0 aliphatic rings. The predicted octanol–water partition coefficient (Wildman–Crippen LogP) is 1.86. The third-order valence-electron chi connectivity index (χ3n) is 1.69. The van der Waals surface area contributed by atoms with Crippen LogP contribution in [-0.4, -0.2) is 15.1 Å². The lowest BCUT2D eigenvalue weighted by molar-refractivity contribution is -0.583. The van der Waals surface area contributed by atoms with Gasteiger partial charge in [0.25, 0.3) is 0 Å². The molecular formula is C9H11NO3S. The summed E-state index contributed by atoms with van der Waals surface area (Å²) < 4.78 is 0. The largest absolute Gasteiger partial charge is 0.369 e. The Morgan fingerprint density at radius 2 is 2.07 bits per heavy atom. The number of nitro groups is 1. The standard InChI is InChI=1S/C9H11NO3S/c1-9(11,10(12)13)14-7-8-5-3-2-4-6-8/h2-6,11H,7H2,1H3. The summed E-state index contributed by atoms with van der Waals surface area (Å²) in [7, 11) is 0. The van der Waals surface area contributed by atoms with Gasteiger partial charge >= 0.3 is 5.06 Å². The molecule has 0 saturated carbocycles. The van der Waals surface area contributed by atoms with Gasteiger partial charge in [-0.3, -0.25) is 10.1 Å². The Bertz CT molecular complexity index is 313. The van der Waals surface area contributed by atoms with Gasteiger partial charge in [0.1, 0.15) is 0 Å². The first-order valence-corrected chi connectivity index (χ1v) is 5.05. The van der Waals surface area contributed by atoms with E-state index in [9.17, 15) is 15.2 Å². The van der Waals surface area contributed by atoms with Gasteiger partial charge in [-0.05, 0) is 17.3 Å². The van der Waals surface area contributed by atoms with Crippen LogP contribution in [-0.2, 0) is 5.75 Å². The number of hydrogen-bond acceptors (Lipinski definition) is 4. The Hall–Kier alpha value is -1.07. The lowest BCUT2D eigenvalue weighted by Gasteiger charge is -2.12. The topological polar surface area (TPSA) is 63.4 Å². The van der Waals surface area contributed by atoms with E-state index >= 15 is 0 Å². The monoisotopic (exact) mass is 213 g/mol. The number of aliphatic hydroxyl groups is 1. The van der Waals surface area contributed by atoms with Gasteiger partial charge in [-0.25, -0.2) is 0 Å². The minimum Gasteiger partial charge on any atom is -0.322 e. The lowest BCUT2D eigenvalue weighted by atomic mass is 10.2. The van der Waals surface area contributed by atoms with Gasteiger partial charge in [0.15, 0.2) is 0 Å². The van der Waals surface area contributed by atoms with Gasteiger partial charge in [-0.2, -0.15) is 0 Å². The number of benzene rings is 1. The van der Waals surface area contributed by atoms with E-state index in [-0.39, 0.29) is 0 Å². The molecule has 1 N–H and O–H groups in total. The van der Waals surface area contributed by atoms with Crippen LogP contribution in [0.15, 0.2) is 30.3 Å². The molecule has 0 aromatic heterocycles. The van der Waals surface area contributed by atoms with Gasteiger partial charge in [0, 0.05) is 12.7 Å². The molecule has 1 aromatic carbocycles.